The highest BCUT2D eigenvalue weighted by molar-refractivity contribution is 7.15. The highest BCUT2D eigenvalue weighted by atomic mass is 32.1. The molecule has 2 fully saturated rings. The molecule has 1 saturated carbocycles. The van der Waals surface area contributed by atoms with Crippen LogP contribution in [0, 0.1) is 0 Å². The van der Waals surface area contributed by atoms with Gasteiger partial charge >= 0.3 is 0 Å². The molecule has 0 radical (unpaired) electrons. The monoisotopic (exact) mass is 495 g/mol. The van der Waals surface area contributed by atoms with E-state index in [0.29, 0.717) is 49.5 Å². The molecule has 3 amide bonds. The third-order valence-corrected chi connectivity index (χ3v) is 8.58. The molecule has 1 saturated heterocycles. The fourth-order valence-electron chi connectivity index (χ4n) is 5.34. The van der Waals surface area contributed by atoms with Gasteiger partial charge in [0.15, 0.2) is 0 Å². The summed E-state index contributed by atoms with van der Waals surface area (Å²) in [5.74, 6) is 0.349. The first kappa shape index (κ1) is 23.9. The maximum atomic E-state index is 12.7. The van der Waals surface area contributed by atoms with Gasteiger partial charge in [-0.2, -0.15) is 0 Å². The summed E-state index contributed by atoms with van der Waals surface area (Å²) in [5.41, 5.74) is 0.983. The van der Waals surface area contributed by atoms with Crippen molar-refractivity contribution >= 4 is 34.2 Å². The predicted octanol–water partition coefficient (Wildman–Crippen LogP) is 4.09. The highest BCUT2D eigenvalue weighted by Gasteiger charge is 2.34. The minimum absolute atomic E-state index is 0.186. The lowest BCUT2D eigenvalue weighted by Gasteiger charge is -2.34. The van der Waals surface area contributed by atoms with E-state index in [1.807, 2.05) is 4.90 Å². The van der Waals surface area contributed by atoms with Crippen LogP contribution in [0.25, 0.3) is 0 Å². The first-order chi connectivity index (χ1) is 17.1. The van der Waals surface area contributed by atoms with Gasteiger partial charge in [0.05, 0.1) is 11.1 Å². The van der Waals surface area contributed by atoms with Gasteiger partial charge in [0.2, 0.25) is 11.0 Å². The van der Waals surface area contributed by atoms with E-state index in [-0.39, 0.29) is 17.7 Å². The Morgan fingerprint density at radius 3 is 2.26 bits per heavy atom. The number of rotatable bonds is 8. The zero-order valence-electron chi connectivity index (χ0n) is 20.2. The van der Waals surface area contributed by atoms with E-state index in [0.717, 1.165) is 31.1 Å². The largest absolute Gasteiger partial charge is 0.343 e. The molecule has 0 spiro atoms. The first-order valence-corrected chi connectivity index (χ1v) is 13.7. The summed E-state index contributed by atoms with van der Waals surface area (Å²) in [5, 5.41) is 11.1. The molecule has 35 heavy (non-hydrogen) atoms. The molecule has 0 bridgehead atoms. The number of carbonyl (C=O) groups is 3. The standard InChI is InChI=1S/C26H33N5O3S/c32-22(13-5-2-8-14-31-24(33)20-11-6-7-12-21(20)25(31)34)29-15-17-30(18-16-29)26-28-27-23(35-26)19-9-3-1-4-10-19/h6-7,11-12,19H,1-5,8-10,13-18H2. The second kappa shape index (κ2) is 10.8. The van der Waals surface area contributed by atoms with Crippen molar-refractivity contribution in [3.63, 3.8) is 0 Å². The van der Waals surface area contributed by atoms with E-state index in [1.165, 1.54) is 42.0 Å². The van der Waals surface area contributed by atoms with Crippen LogP contribution in [0.1, 0.15) is 89.4 Å². The zero-order chi connectivity index (χ0) is 24.2. The molecule has 5 rings (SSSR count). The predicted molar refractivity (Wildman–Crippen MR) is 135 cm³/mol. The van der Waals surface area contributed by atoms with Crippen LogP contribution >= 0.6 is 11.3 Å². The van der Waals surface area contributed by atoms with Gasteiger partial charge < -0.3 is 9.80 Å². The average Bonchev–Trinajstić information content (AvgIpc) is 3.49. The van der Waals surface area contributed by atoms with Crippen molar-refractivity contribution in [2.45, 2.75) is 63.7 Å². The summed E-state index contributed by atoms with van der Waals surface area (Å²) in [4.78, 5) is 43.1. The maximum absolute atomic E-state index is 12.7. The summed E-state index contributed by atoms with van der Waals surface area (Å²) < 4.78 is 0. The number of nitrogens with zero attached hydrogens (tertiary/aromatic N) is 5. The van der Waals surface area contributed by atoms with Crippen LogP contribution in [-0.4, -0.2) is 70.4 Å². The van der Waals surface area contributed by atoms with Gasteiger partial charge in [-0.05, 0) is 37.8 Å². The highest BCUT2D eigenvalue weighted by Crippen LogP contribution is 2.36. The topological polar surface area (TPSA) is 86.7 Å². The number of benzene rings is 1. The Balaban J connectivity index is 1.00. The fourth-order valence-corrected chi connectivity index (χ4v) is 6.40. The van der Waals surface area contributed by atoms with Crippen molar-refractivity contribution in [2.75, 3.05) is 37.6 Å². The molecule has 1 aromatic heterocycles. The van der Waals surface area contributed by atoms with Crippen molar-refractivity contribution in [1.82, 2.24) is 20.0 Å². The summed E-state index contributed by atoms with van der Waals surface area (Å²) in [7, 11) is 0. The van der Waals surface area contributed by atoms with Gasteiger partial charge in [-0.15, -0.1) is 10.2 Å². The number of carbonyl (C=O) groups excluding carboxylic acids is 3. The molecule has 2 aromatic rings. The van der Waals surface area contributed by atoms with Gasteiger partial charge in [-0.25, -0.2) is 0 Å². The second-order valence-corrected chi connectivity index (χ2v) is 10.7. The average molecular weight is 496 g/mol. The molecular formula is C26H33N5O3S. The lowest BCUT2D eigenvalue weighted by atomic mass is 9.90. The van der Waals surface area contributed by atoms with Crippen LogP contribution in [0.4, 0.5) is 5.13 Å². The lowest BCUT2D eigenvalue weighted by Crippen LogP contribution is -2.48. The Morgan fingerprint density at radius 1 is 0.886 bits per heavy atom. The Bertz CT molecular complexity index is 1040. The third-order valence-electron chi connectivity index (χ3n) is 7.44. The number of piperazine rings is 1. The number of hydrogen-bond acceptors (Lipinski definition) is 7. The minimum Gasteiger partial charge on any atom is -0.343 e. The Kier molecular flexibility index (Phi) is 7.41. The van der Waals surface area contributed by atoms with Gasteiger partial charge in [-0.1, -0.05) is 49.2 Å². The number of amides is 3. The van der Waals surface area contributed by atoms with Crippen LogP contribution in [-0.2, 0) is 4.79 Å². The van der Waals surface area contributed by atoms with E-state index in [4.69, 9.17) is 0 Å². The van der Waals surface area contributed by atoms with Gasteiger partial charge in [0, 0.05) is 45.1 Å². The van der Waals surface area contributed by atoms with Crippen molar-refractivity contribution in [3.8, 4) is 0 Å². The van der Waals surface area contributed by atoms with E-state index in [2.05, 4.69) is 15.1 Å². The number of aromatic nitrogens is 2. The van der Waals surface area contributed by atoms with Gasteiger partial charge in [0.25, 0.3) is 11.8 Å². The van der Waals surface area contributed by atoms with E-state index in [9.17, 15) is 14.4 Å². The molecule has 2 aliphatic heterocycles. The molecule has 186 valence electrons. The summed E-state index contributed by atoms with van der Waals surface area (Å²) in [6, 6.07) is 6.96. The van der Waals surface area contributed by atoms with Crippen molar-refractivity contribution in [3.05, 3.63) is 40.4 Å². The Hall–Kier alpha value is -2.81. The molecule has 1 aromatic carbocycles. The quantitative estimate of drug-likeness (QED) is 0.405. The number of fused-ring (bicyclic) bond motifs is 1. The molecular weight excluding hydrogens is 462 g/mol. The molecule has 1 aliphatic carbocycles. The molecule has 0 N–H and O–H groups in total. The Labute approximate surface area is 210 Å². The van der Waals surface area contributed by atoms with Crippen molar-refractivity contribution in [1.29, 1.82) is 0 Å². The van der Waals surface area contributed by atoms with Crippen LogP contribution in [0.5, 0.6) is 0 Å². The number of anilines is 1. The molecule has 8 nitrogen and oxygen atoms in total. The SMILES string of the molecule is O=C(CCCCCN1C(=O)c2ccccc2C1=O)N1CCN(c2nnc(C3CCCCC3)s2)CC1. The smallest absolute Gasteiger partial charge is 0.261 e. The van der Waals surface area contributed by atoms with Gasteiger partial charge in [-0.3, -0.25) is 19.3 Å². The van der Waals surface area contributed by atoms with E-state index in [1.54, 1.807) is 35.6 Å². The fraction of sp³-hybridized carbons (Fsp3) is 0.577. The lowest BCUT2D eigenvalue weighted by molar-refractivity contribution is -0.131. The summed E-state index contributed by atoms with van der Waals surface area (Å²) in [6.07, 6.45) is 9.19. The third kappa shape index (κ3) is 5.24. The Morgan fingerprint density at radius 2 is 1.57 bits per heavy atom. The van der Waals surface area contributed by atoms with E-state index >= 15 is 0 Å². The number of imide groups is 1. The molecule has 3 aliphatic rings. The normalized spacial score (nSPS) is 18.9. The summed E-state index contributed by atoms with van der Waals surface area (Å²) in [6.45, 7) is 3.43. The van der Waals surface area contributed by atoms with Crippen molar-refractivity contribution < 1.29 is 14.4 Å². The molecule has 0 unspecified atom stereocenters. The number of unbranched alkanes of at least 4 members (excludes halogenated alkanes) is 2. The first-order valence-electron chi connectivity index (χ1n) is 12.9. The second-order valence-electron chi connectivity index (χ2n) is 9.74. The molecule has 0 atom stereocenters. The van der Waals surface area contributed by atoms with Crippen LogP contribution < -0.4 is 4.90 Å². The number of hydrogen-bond donors (Lipinski definition) is 0. The van der Waals surface area contributed by atoms with Crippen LogP contribution in [0.15, 0.2) is 24.3 Å². The minimum atomic E-state index is -0.208. The molecule has 3 heterocycles. The van der Waals surface area contributed by atoms with Crippen LogP contribution in [0.2, 0.25) is 0 Å². The summed E-state index contributed by atoms with van der Waals surface area (Å²) >= 11 is 1.73. The van der Waals surface area contributed by atoms with E-state index < -0.39 is 0 Å². The maximum Gasteiger partial charge on any atom is 0.261 e. The van der Waals surface area contributed by atoms with Crippen molar-refractivity contribution in [2.24, 2.45) is 0 Å². The van der Waals surface area contributed by atoms with Gasteiger partial charge in [0.1, 0.15) is 5.01 Å². The zero-order valence-corrected chi connectivity index (χ0v) is 21.0. The van der Waals surface area contributed by atoms with Crippen LogP contribution in [0.3, 0.4) is 0 Å². The molecule has 9 heteroatoms.